The van der Waals surface area contributed by atoms with Gasteiger partial charge in [0.2, 0.25) is 0 Å². The van der Waals surface area contributed by atoms with Crippen molar-refractivity contribution in [1.29, 1.82) is 0 Å². The molecule has 1 fully saturated rings. The van der Waals surface area contributed by atoms with Gasteiger partial charge < -0.3 is 4.74 Å². The van der Waals surface area contributed by atoms with Crippen LogP contribution in [0.1, 0.15) is 39.3 Å². The third-order valence-corrected chi connectivity index (χ3v) is 6.25. The van der Waals surface area contributed by atoms with Crippen LogP contribution in [0.25, 0.3) is 12.2 Å². The lowest BCUT2D eigenvalue weighted by atomic mass is 9.82. The van der Waals surface area contributed by atoms with E-state index in [0.717, 1.165) is 26.2 Å². The Hall–Kier alpha value is -2.68. The minimum Gasteiger partial charge on any atom is -0.375 e. The molecule has 2 aliphatic rings. The summed E-state index contributed by atoms with van der Waals surface area (Å²) < 4.78 is 6.43. The van der Waals surface area contributed by atoms with Crippen LogP contribution >= 0.6 is 0 Å². The average molecular weight is 382 g/mol. The first kappa shape index (κ1) is 18.4. The maximum atomic E-state index is 6.43. The van der Waals surface area contributed by atoms with E-state index in [0.29, 0.717) is 0 Å². The smallest absolute Gasteiger partial charge is 0.0812 e. The third kappa shape index (κ3) is 3.66. The lowest BCUT2D eigenvalue weighted by Gasteiger charge is -2.38. The molecule has 29 heavy (non-hydrogen) atoms. The predicted octanol–water partition coefficient (Wildman–Crippen LogP) is 5.51. The van der Waals surface area contributed by atoms with Crippen LogP contribution in [0.4, 0.5) is 0 Å². The highest BCUT2D eigenvalue weighted by Gasteiger charge is 2.33. The van der Waals surface area contributed by atoms with Crippen molar-refractivity contribution in [2.75, 3.05) is 19.7 Å². The average Bonchev–Trinajstić information content (AvgIpc) is 2.92. The summed E-state index contributed by atoms with van der Waals surface area (Å²) in [4.78, 5) is 2.54. The first-order valence-electron chi connectivity index (χ1n) is 10.5. The van der Waals surface area contributed by atoms with E-state index in [2.05, 4.69) is 96.8 Å². The summed E-state index contributed by atoms with van der Waals surface area (Å²) in [7, 11) is 0. The van der Waals surface area contributed by atoms with Crippen LogP contribution in [0.2, 0.25) is 0 Å². The van der Waals surface area contributed by atoms with Crippen LogP contribution in [0.3, 0.4) is 0 Å². The molecule has 146 valence electrons. The van der Waals surface area contributed by atoms with Crippen LogP contribution in [0.15, 0.2) is 72.8 Å². The molecule has 0 bridgehead atoms. The highest BCUT2D eigenvalue weighted by molar-refractivity contribution is 5.78. The van der Waals surface area contributed by atoms with Crippen molar-refractivity contribution < 1.29 is 4.74 Å². The Labute approximate surface area is 173 Å². The predicted molar refractivity (Wildman–Crippen MR) is 120 cm³/mol. The maximum Gasteiger partial charge on any atom is 0.0812 e. The number of ether oxygens (including phenoxy) is 1. The Kier molecular flexibility index (Phi) is 5.05. The van der Waals surface area contributed by atoms with Gasteiger partial charge in [-0.15, -0.1) is 0 Å². The highest BCUT2D eigenvalue weighted by atomic mass is 16.5. The number of rotatable bonds is 3. The molecule has 0 radical (unpaired) electrons. The Morgan fingerprint density at radius 1 is 0.862 bits per heavy atom. The number of benzene rings is 3. The Bertz CT molecular complexity index is 1020. The number of hydrogen-bond acceptors (Lipinski definition) is 2. The van der Waals surface area contributed by atoms with Gasteiger partial charge in [0.1, 0.15) is 0 Å². The van der Waals surface area contributed by atoms with Crippen molar-refractivity contribution >= 4 is 12.2 Å². The monoisotopic (exact) mass is 381 g/mol. The molecule has 2 nitrogen and oxygen atoms in total. The molecule has 1 saturated heterocycles. The number of morpholine rings is 1. The van der Waals surface area contributed by atoms with Gasteiger partial charge in [-0.3, -0.25) is 4.90 Å². The molecule has 0 saturated carbocycles. The van der Waals surface area contributed by atoms with E-state index in [4.69, 9.17) is 4.74 Å². The summed E-state index contributed by atoms with van der Waals surface area (Å²) in [5, 5.41) is 0. The fourth-order valence-electron chi connectivity index (χ4n) is 4.81. The Morgan fingerprint density at radius 3 is 2.55 bits per heavy atom. The lowest BCUT2D eigenvalue weighted by molar-refractivity contribution is -0.0387. The normalized spacial score (nSPS) is 21.3. The summed E-state index contributed by atoms with van der Waals surface area (Å²) in [6.07, 6.45) is 4.70. The van der Waals surface area contributed by atoms with Gasteiger partial charge in [0.25, 0.3) is 0 Å². The van der Waals surface area contributed by atoms with Gasteiger partial charge in [0, 0.05) is 25.6 Å². The molecule has 3 aromatic rings. The standard InChI is InChI=1S/C27H27NO/c1-20-8-7-13-25-23(20)15-14-22-11-5-6-12-24(22)27(25)26-19-28(16-17-29-26)18-21-9-3-2-4-10-21/h2-15,26-27H,16-19H2,1H3. The minimum absolute atomic E-state index is 0.147. The number of fused-ring (bicyclic) bond motifs is 2. The van der Waals surface area contributed by atoms with E-state index < -0.39 is 0 Å². The minimum atomic E-state index is 0.147. The van der Waals surface area contributed by atoms with Crippen LogP contribution in [0, 0.1) is 6.92 Å². The molecule has 2 atom stereocenters. The van der Waals surface area contributed by atoms with E-state index in [9.17, 15) is 0 Å². The molecule has 0 N–H and O–H groups in total. The van der Waals surface area contributed by atoms with Crippen molar-refractivity contribution in [3.63, 3.8) is 0 Å². The van der Waals surface area contributed by atoms with E-state index >= 15 is 0 Å². The molecule has 2 unspecified atom stereocenters. The number of aryl methyl sites for hydroxylation is 1. The second-order valence-electron chi connectivity index (χ2n) is 8.15. The molecular weight excluding hydrogens is 354 g/mol. The van der Waals surface area contributed by atoms with E-state index in [-0.39, 0.29) is 12.0 Å². The van der Waals surface area contributed by atoms with E-state index in [1.54, 1.807) is 0 Å². The van der Waals surface area contributed by atoms with Gasteiger partial charge in [-0.2, -0.15) is 0 Å². The first-order valence-corrected chi connectivity index (χ1v) is 10.5. The molecular formula is C27H27NO. The van der Waals surface area contributed by atoms with Crippen molar-refractivity contribution in [2.45, 2.75) is 25.5 Å². The van der Waals surface area contributed by atoms with E-state index in [1.165, 1.54) is 33.4 Å². The maximum absolute atomic E-state index is 6.43. The molecule has 5 rings (SSSR count). The number of nitrogens with zero attached hydrogens (tertiary/aromatic N) is 1. The van der Waals surface area contributed by atoms with Crippen molar-refractivity contribution in [1.82, 2.24) is 4.90 Å². The summed E-state index contributed by atoms with van der Waals surface area (Å²) in [6, 6.07) is 26.2. The first-order chi connectivity index (χ1) is 14.3. The molecule has 0 aromatic heterocycles. The molecule has 0 amide bonds. The fraction of sp³-hybridized carbons (Fsp3) is 0.259. The Morgan fingerprint density at radius 2 is 1.66 bits per heavy atom. The second-order valence-corrected chi connectivity index (χ2v) is 8.15. The lowest BCUT2D eigenvalue weighted by Crippen LogP contribution is -2.45. The summed E-state index contributed by atoms with van der Waals surface area (Å²) in [5.74, 6) is 0.245. The zero-order valence-electron chi connectivity index (χ0n) is 16.9. The van der Waals surface area contributed by atoms with Crippen molar-refractivity contribution in [2.24, 2.45) is 0 Å². The van der Waals surface area contributed by atoms with Crippen LogP contribution < -0.4 is 0 Å². The third-order valence-electron chi connectivity index (χ3n) is 6.25. The SMILES string of the molecule is Cc1cccc2c1C=Cc1ccccc1C2C1CN(Cc2ccccc2)CCO1. The van der Waals surface area contributed by atoms with Gasteiger partial charge in [-0.25, -0.2) is 0 Å². The zero-order valence-corrected chi connectivity index (χ0v) is 16.9. The van der Waals surface area contributed by atoms with Crippen LogP contribution in [-0.4, -0.2) is 30.7 Å². The fourth-order valence-corrected chi connectivity index (χ4v) is 4.81. The van der Waals surface area contributed by atoms with Gasteiger partial charge in [0.05, 0.1) is 12.7 Å². The molecule has 1 aliphatic carbocycles. The largest absolute Gasteiger partial charge is 0.375 e. The van der Waals surface area contributed by atoms with E-state index in [1.807, 2.05) is 0 Å². The molecule has 2 heteroatoms. The van der Waals surface area contributed by atoms with Crippen LogP contribution in [-0.2, 0) is 11.3 Å². The number of hydrogen-bond donors (Lipinski definition) is 0. The quantitative estimate of drug-likeness (QED) is 0.593. The van der Waals surface area contributed by atoms with Gasteiger partial charge in [0.15, 0.2) is 0 Å². The van der Waals surface area contributed by atoms with Gasteiger partial charge >= 0.3 is 0 Å². The molecule has 1 aliphatic heterocycles. The van der Waals surface area contributed by atoms with Gasteiger partial charge in [-0.1, -0.05) is 84.9 Å². The molecule has 0 spiro atoms. The van der Waals surface area contributed by atoms with Crippen molar-refractivity contribution in [3.8, 4) is 0 Å². The van der Waals surface area contributed by atoms with Gasteiger partial charge in [-0.05, 0) is 40.3 Å². The molecule has 3 aromatic carbocycles. The summed E-state index contributed by atoms with van der Waals surface area (Å²) in [5.41, 5.74) is 8.10. The highest BCUT2D eigenvalue weighted by Crippen LogP contribution is 2.39. The summed E-state index contributed by atoms with van der Waals surface area (Å²) in [6.45, 7) is 5.90. The second kappa shape index (κ2) is 7.98. The zero-order chi connectivity index (χ0) is 19.6. The topological polar surface area (TPSA) is 12.5 Å². The Balaban J connectivity index is 1.51. The van der Waals surface area contributed by atoms with Crippen molar-refractivity contribution in [3.05, 3.63) is 106 Å². The molecule has 1 heterocycles. The van der Waals surface area contributed by atoms with Crippen LogP contribution in [0.5, 0.6) is 0 Å². The summed E-state index contributed by atoms with van der Waals surface area (Å²) >= 11 is 0.